The molecule has 0 aliphatic heterocycles. The van der Waals surface area contributed by atoms with Crippen LogP contribution in [0.25, 0.3) is 0 Å². The topological polar surface area (TPSA) is 78.4 Å². The number of nitrogens with zero attached hydrogens (tertiary/aromatic N) is 3. The largest absolute Gasteiger partial charge is 0.467 e. The summed E-state index contributed by atoms with van der Waals surface area (Å²) < 4.78 is 15.0. The van der Waals surface area contributed by atoms with Gasteiger partial charge in [-0.05, 0) is 0 Å². The molecule has 1 aromatic heterocycles. The maximum atomic E-state index is 5.47. The molecule has 0 bridgehead atoms. The highest BCUT2D eigenvalue weighted by atomic mass is 35.5. The average molecular weight is 263 g/mol. The number of halogens is 1. The van der Waals surface area contributed by atoms with E-state index in [-0.39, 0.29) is 12.0 Å². The summed E-state index contributed by atoms with van der Waals surface area (Å²) in [6.45, 7) is 1.60. The number of anilines is 1. The molecule has 1 rings (SSSR count). The normalized spacial score (nSPS) is 10.1. The Morgan fingerprint density at radius 1 is 1.06 bits per heavy atom. The van der Waals surface area contributed by atoms with Gasteiger partial charge in [0, 0.05) is 12.4 Å². The summed E-state index contributed by atoms with van der Waals surface area (Å²) in [6, 6.07) is 0.391. The lowest BCUT2D eigenvalue weighted by Crippen LogP contribution is -2.13. The van der Waals surface area contributed by atoms with E-state index in [4.69, 9.17) is 25.8 Å². The van der Waals surface area contributed by atoms with Gasteiger partial charge in [0.2, 0.25) is 5.95 Å². The van der Waals surface area contributed by atoms with E-state index >= 15 is 0 Å². The first-order valence-electron chi connectivity index (χ1n) is 5.01. The molecule has 0 unspecified atom stereocenters. The quantitative estimate of drug-likeness (QED) is 0.542. The number of alkyl halides is 1. The molecule has 0 saturated carbocycles. The van der Waals surface area contributed by atoms with Crippen molar-refractivity contribution in [3.05, 3.63) is 0 Å². The molecular weight excluding hydrogens is 248 g/mol. The second-order valence-corrected chi connectivity index (χ2v) is 3.24. The van der Waals surface area contributed by atoms with Crippen molar-refractivity contribution in [2.75, 3.05) is 45.2 Å². The van der Waals surface area contributed by atoms with Crippen LogP contribution < -0.4 is 14.8 Å². The van der Waals surface area contributed by atoms with Gasteiger partial charge >= 0.3 is 12.0 Å². The molecular formula is C9H15ClN4O3. The Bertz CT molecular complexity index is 318. The molecule has 0 aromatic carbocycles. The summed E-state index contributed by atoms with van der Waals surface area (Å²) in [5.74, 6) is 0.858. The van der Waals surface area contributed by atoms with Gasteiger partial charge in [-0.2, -0.15) is 9.97 Å². The van der Waals surface area contributed by atoms with E-state index in [1.54, 1.807) is 0 Å². The molecule has 1 N–H and O–H groups in total. The second kappa shape index (κ2) is 7.86. The van der Waals surface area contributed by atoms with Gasteiger partial charge in [-0.3, -0.25) is 0 Å². The number of nitrogens with one attached hydrogen (secondary N) is 1. The maximum Gasteiger partial charge on any atom is 0.324 e. The Balaban J connectivity index is 2.46. The van der Waals surface area contributed by atoms with Crippen LogP contribution in [0.4, 0.5) is 5.95 Å². The van der Waals surface area contributed by atoms with Gasteiger partial charge in [0.15, 0.2) is 0 Å². The lowest BCUT2D eigenvalue weighted by atomic mass is 10.6. The molecule has 0 amide bonds. The first kappa shape index (κ1) is 13.7. The fourth-order valence-corrected chi connectivity index (χ4v) is 1.10. The van der Waals surface area contributed by atoms with Crippen molar-refractivity contribution in [1.29, 1.82) is 0 Å². The highest BCUT2D eigenvalue weighted by Gasteiger charge is 2.05. The Morgan fingerprint density at radius 2 is 1.71 bits per heavy atom. The van der Waals surface area contributed by atoms with Crippen molar-refractivity contribution >= 4 is 17.5 Å². The standard InChI is InChI=1S/C9H15ClN4O3/c1-15-8-12-7(13-9(14-8)16-2)11-4-6-17-5-3-10/h3-6H2,1-2H3,(H,11,12,13,14). The highest BCUT2D eigenvalue weighted by Crippen LogP contribution is 2.11. The molecule has 0 spiro atoms. The van der Waals surface area contributed by atoms with Gasteiger partial charge in [0.05, 0.1) is 27.4 Å². The molecule has 0 aliphatic carbocycles. The first-order valence-corrected chi connectivity index (χ1v) is 5.55. The summed E-state index contributed by atoms with van der Waals surface area (Å²) >= 11 is 5.47. The third-order valence-corrected chi connectivity index (χ3v) is 1.86. The van der Waals surface area contributed by atoms with Gasteiger partial charge < -0.3 is 19.5 Å². The smallest absolute Gasteiger partial charge is 0.324 e. The summed E-state index contributed by atoms with van der Waals surface area (Å²) in [5.41, 5.74) is 0. The molecule has 17 heavy (non-hydrogen) atoms. The maximum absolute atomic E-state index is 5.47. The Kier molecular flexibility index (Phi) is 6.34. The number of hydrogen-bond acceptors (Lipinski definition) is 7. The predicted octanol–water partition coefficient (Wildman–Crippen LogP) is 0.556. The molecule has 1 heterocycles. The van der Waals surface area contributed by atoms with Crippen LogP contribution in [0.5, 0.6) is 12.0 Å². The van der Waals surface area contributed by atoms with E-state index in [2.05, 4.69) is 20.3 Å². The third-order valence-electron chi connectivity index (χ3n) is 1.71. The van der Waals surface area contributed by atoms with Crippen LogP contribution in [0.1, 0.15) is 0 Å². The molecule has 0 saturated heterocycles. The second-order valence-electron chi connectivity index (χ2n) is 2.86. The zero-order valence-corrected chi connectivity index (χ0v) is 10.5. The van der Waals surface area contributed by atoms with Crippen molar-refractivity contribution in [2.24, 2.45) is 0 Å². The fourth-order valence-electron chi connectivity index (χ4n) is 0.991. The van der Waals surface area contributed by atoms with Gasteiger partial charge in [-0.15, -0.1) is 16.6 Å². The van der Waals surface area contributed by atoms with Crippen molar-refractivity contribution in [3.8, 4) is 12.0 Å². The van der Waals surface area contributed by atoms with Crippen molar-refractivity contribution < 1.29 is 14.2 Å². The minimum atomic E-state index is 0.195. The zero-order chi connectivity index (χ0) is 12.5. The van der Waals surface area contributed by atoms with E-state index in [1.807, 2.05) is 0 Å². The lowest BCUT2D eigenvalue weighted by molar-refractivity contribution is 0.159. The molecule has 1 aromatic rings. The zero-order valence-electron chi connectivity index (χ0n) is 9.77. The monoisotopic (exact) mass is 262 g/mol. The van der Waals surface area contributed by atoms with Crippen molar-refractivity contribution in [3.63, 3.8) is 0 Å². The van der Waals surface area contributed by atoms with Crippen LogP contribution in [0.15, 0.2) is 0 Å². The van der Waals surface area contributed by atoms with Gasteiger partial charge in [-0.25, -0.2) is 0 Å². The Hall–Kier alpha value is -1.34. The average Bonchev–Trinajstić information content (AvgIpc) is 2.38. The molecule has 8 heteroatoms. The van der Waals surface area contributed by atoms with E-state index < -0.39 is 0 Å². The Labute approximate surface area is 104 Å². The van der Waals surface area contributed by atoms with E-state index in [1.165, 1.54) is 14.2 Å². The summed E-state index contributed by atoms with van der Waals surface area (Å²) in [6.07, 6.45) is 0. The minimum absolute atomic E-state index is 0.195. The minimum Gasteiger partial charge on any atom is -0.467 e. The number of ether oxygens (including phenoxy) is 3. The fraction of sp³-hybridized carbons (Fsp3) is 0.667. The SMILES string of the molecule is COc1nc(NCCOCCCl)nc(OC)n1. The number of aromatic nitrogens is 3. The van der Waals surface area contributed by atoms with Crippen LogP contribution >= 0.6 is 11.6 Å². The van der Waals surface area contributed by atoms with Gasteiger partial charge in [-0.1, -0.05) is 0 Å². The lowest BCUT2D eigenvalue weighted by Gasteiger charge is -2.07. The van der Waals surface area contributed by atoms with E-state index in [0.717, 1.165) is 0 Å². The van der Waals surface area contributed by atoms with Crippen LogP contribution in [0.2, 0.25) is 0 Å². The van der Waals surface area contributed by atoms with E-state index in [0.29, 0.717) is 31.6 Å². The van der Waals surface area contributed by atoms with Crippen molar-refractivity contribution in [2.45, 2.75) is 0 Å². The highest BCUT2D eigenvalue weighted by molar-refractivity contribution is 6.17. The number of methoxy groups -OCH3 is 2. The molecule has 96 valence electrons. The Morgan fingerprint density at radius 3 is 2.24 bits per heavy atom. The third kappa shape index (κ3) is 5.01. The van der Waals surface area contributed by atoms with Crippen LogP contribution in [-0.4, -0.2) is 54.8 Å². The number of hydrogen-bond donors (Lipinski definition) is 1. The molecule has 0 aliphatic rings. The first-order chi connectivity index (χ1) is 8.30. The summed E-state index contributed by atoms with van der Waals surface area (Å²) in [5, 5.41) is 2.96. The summed E-state index contributed by atoms with van der Waals surface area (Å²) in [4.78, 5) is 11.9. The number of rotatable bonds is 8. The van der Waals surface area contributed by atoms with Crippen LogP contribution in [0, 0.1) is 0 Å². The predicted molar refractivity (Wildman–Crippen MR) is 63.0 cm³/mol. The van der Waals surface area contributed by atoms with Crippen LogP contribution in [0.3, 0.4) is 0 Å². The molecule has 7 nitrogen and oxygen atoms in total. The van der Waals surface area contributed by atoms with Crippen molar-refractivity contribution in [1.82, 2.24) is 15.0 Å². The van der Waals surface area contributed by atoms with Gasteiger partial charge in [0.1, 0.15) is 0 Å². The van der Waals surface area contributed by atoms with E-state index in [9.17, 15) is 0 Å². The molecule has 0 fully saturated rings. The van der Waals surface area contributed by atoms with Gasteiger partial charge in [0.25, 0.3) is 0 Å². The molecule has 0 atom stereocenters. The molecule has 0 radical (unpaired) electrons. The van der Waals surface area contributed by atoms with Crippen LogP contribution in [-0.2, 0) is 4.74 Å². The summed E-state index contributed by atoms with van der Waals surface area (Å²) in [7, 11) is 2.95.